The maximum atomic E-state index is 12.0. The number of ether oxygens (including phenoxy) is 2. The van der Waals surface area contributed by atoms with E-state index in [-0.39, 0.29) is 26.2 Å². The van der Waals surface area contributed by atoms with Crippen LogP contribution in [-0.2, 0) is 25.7 Å². The van der Waals surface area contributed by atoms with Gasteiger partial charge in [-0.15, -0.1) is 0 Å². The summed E-state index contributed by atoms with van der Waals surface area (Å²) in [6, 6.07) is 7.32. The van der Waals surface area contributed by atoms with Crippen LogP contribution in [-0.4, -0.2) is 42.3 Å². The Morgan fingerprint density at radius 3 is 2.82 bits per heavy atom. The third kappa shape index (κ3) is 3.76. The predicted molar refractivity (Wildman–Crippen MR) is 79.7 cm³/mol. The van der Waals surface area contributed by atoms with Crippen molar-refractivity contribution in [2.24, 2.45) is 0 Å². The zero-order chi connectivity index (χ0) is 16.0. The van der Waals surface area contributed by atoms with Crippen molar-refractivity contribution in [2.45, 2.75) is 25.0 Å². The highest BCUT2D eigenvalue weighted by molar-refractivity contribution is 6.31. The SMILES string of the molecule is O=C(O)C1(C(=O)NCCOCc2ccccc2Cl)CCCO1. The lowest BCUT2D eigenvalue weighted by Gasteiger charge is -2.22. The second-order valence-corrected chi connectivity index (χ2v) is 5.39. The highest BCUT2D eigenvalue weighted by atomic mass is 35.5. The summed E-state index contributed by atoms with van der Waals surface area (Å²) in [6.45, 7) is 1.08. The lowest BCUT2D eigenvalue weighted by molar-refractivity contribution is -0.167. The van der Waals surface area contributed by atoms with E-state index in [1.54, 1.807) is 6.07 Å². The molecule has 1 unspecified atom stereocenters. The van der Waals surface area contributed by atoms with Crippen LogP contribution in [0.3, 0.4) is 0 Å². The molecule has 1 amide bonds. The number of amides is 1. The van der Waals surface area contributed by atoms with E-state index in [1.807, 2.05) is 18.2 Å². The van der Waals surface area contributed by atoms with Crippen LogP contribution in [0.25, 0.3) is 0 Å². The van der Waals surface area contributed by atoms with Gasteiger partial charge in [0.05, 0.1) is 13.2 Å². The van der Waals surface area contributed by atoms with E-state index < -0.39 is 17.5 Å². The van der Waals surface area contributed by atoms with Crippen molar-refractivity contribution in [3.05, 3.63) is 34.9 Å². The highest BCUT2D eigenvalue weighted by Crippen LogP contribution is 2.26. The second kappa shape index (κ2) is 7.58. The summed E-state index contributed by atoms with van der Waals surface area (Å²) >= 11 is 6.00. The van der Waals surface area contributed by atoms with E-state index >= 15 is 0 Å². The van der Waals surface area contributed by atoms with Crippen LogP contribution in [0.2, 0.25) is 5.02 Å². The molecule has 1 heterocycles. The van der Waals surface area contributed by atoms with E-state index in [2.05, 4.69) is 5.32 Å². The molecule has 1 aliphatic heterocycles. The van der Waals surface area contributed by atoms with Crippen LogP contribution >= 0.6 is 11.6 Å². The molecule has 120 valence electrons. The molecular formula is C15H18ClNO5. The van der Waals surface area contributed by atoms with Gasteiger partial charge in [-0.3, -0.25) is 4.79 Å². The first-order valence-electron chi connectivity index (χ1n) is 7.03. The minimum Gasteiger partial charge on any atom is -0.479 e. The van der Waals surface area contributed by atoms with Crippen LogP contribution in [0, 0.1) is 0 Å². The van der Waals surface area contributed by atoms with Gasteiger partial charge < -0.3 is 19.9 Å². The van der Waals surface area contributed by atoms with Crippen molar-refractivity contribution in [1.82, 2.24) is 5.32 Å². The Labute approximate surface area is 133 Å². The minimum absolute atomic E-state index is 0.189. The number of carbonyl (C=O) groups is 2. The Balaban J connectivity index is 1.73. The molecule has 1 saturated heterocycles. The molecule has 2 rings (SSSR count). The smallest absolute Gasteiger partial charge is 0.345 e. The highest BCUT2D eigenvalue weighted by Gasteiger charge is 2.50. The molecule has 22 heavy (non-hydrogen) atoms. The van der Waals surface area contributed by atoms with Gasteiger partial charge in [-0.05, 0) is 24.5 Å². The Kier molecular flexibility index (Phi) is 5.76. The van der Waals surface area contributed by atoms with Crippen molar-refractivity contribution in [3.63, 3.8) is 0 Å². The molecule has 6 nitrogen and oxygen atoms in total. The summed E-state index contributed by atoms with van der Waals surface area (Å²) in [6.07, 6.45) is 0.747. The Morgan fingerprint density at radius 1 is 1.41 bits per heavy atom. The first-order valence-corrected chi connectivity index (χ1v) is 7.41. The second-order valence-electron chi connectivity index (χ2n) is 4.98. The molecule has 1 aromatic carbocycles. The molecule has 1 aromatic rings. The Hall–Kier alpha value is -1.63. The average Bonchev–Trinajstić information content (AvgIpc) is 2.99. The van der Waals surface area contributed by atoms with Gasteiger partial charge in [0.15, 0.2) is 0 Å². The molecule has 0 bridgehead atoms. The largest absolute Gasteiger partial charge is 0.479 e. The maximum absolute atomic E-state index is 12.0. The normalized spacial score (nSPS) is 20.8. The fourth-order valence-corrected chi connectivity index (χ4v) is 2.45. The number of nitrogens with one attached hydrogen (secondary N) is 1. The van der Waals surface area contributed by atoms with Gasteiger partial charge in [0.1, 0.15) is 0 Å². The van der Waals surface area contributed by atoms with Gasteiger partial charge in [-0.1, -0.05) is 29.8 Å². The summed E-state index contributed by atoms with van der Waals surface area (Å²) in [5.41, 5.74) is -0.889. The minimum atomic E-state index is -1.75. The predicted octanol–water partition coefficient (Wildman–Crippen LogP) is 1.61. The number of hydrogen-bond acceptors (Lipinski definition) is 4. The average molecular weight is 328 g/mol. The van der Waals surface area contributed by atoms with Gasteiger partial charge in [0.2, 0.25) is 5.60 Å². The molecule has 1 fully saturated rings. The topological polar surface area (TPSA) is 84.9 Å². The first-order chi connectivity index (χ1) is 10.6. The number of benzene rings is 1. The molecule has 1 aliphatic rings. The van der Waals surface area contributed by atoms with Gasteiger partial charge in [-0.2, -0.15) is 0 Å². The van der Waals surface area contributed by atoms with Crippen molar-refractivity contribution < 1.29 is 24.2 Å². The number of rotatable bonds is 7. The summed E-state index contributed by atoms with van der Waals surface area (Å²) < 4.78 is 10.6. The first kappa shape index (κ1) is 16.7. The van der Waals surface area contributed by atoms with E-state index in [9.17, 15) is 14.7 Å². The fourth-order valence-electron chi connectivity index (χ4n) is 2.26. The van der Waals surface area contributed by atoms with Crippen molar-refractivity contribution in [2.75, 3.05) is 19.8 Å². The number of aliphatic carboxylic acids is 1. The Morgan fingerprint density at radius 2 is 2.18 bits per heavy atom. The monoisotopic (exact) mass is 327 g/mol. The zero-order valence-electron chi connectivity index (χ0n) is 12.0. The van der Waals surface area contributed by atoms with Gasteiger partial charge in [0, 0.05) is 18.2 Å². The van der Waals surface area contributed by atoms with Gasteiger partial charge in [0.25, 0.3) is 5.91 Å². The van der Waals surface area contributed by atoms with E-state index in [4.69, 9.17) is 21.1 Å². The van der Waals surface area contributed by atoms with Crippen LogP contribution in [0.5, 0.6) is 0 Å². The number of carbonyl (C=O) groups excluding carboxylic acids is 1. The maximum Gasteiger partial charge on any atom is 0.345 e. The standard InChI is InChI=1S/C15H18ClNO5/c16-12-5-2-1-4-11(12)10-21-9-7-17-13(18)15(14(19)20)6-3-8-22-15/h1-2,4-5H,3,6-10H2,(H,17,18)(H,19,20). The number of halogens is 1. The number of carboxylic acid groups (broad SMARTS) is 1. The Bertz CT molecular complexity index is 542. The molecule has 0 spiro atoms. The molecule has 2 N–H and O–H groups in total. The molecule has 7 heteroatoms. The molecule has 0 aliphatic carbocycles. The molecule has 0 saturated carbocycles. The van der Waals surface area contributed by atoms with Crippen molar-refractivity contribution in [3.8, 4) is 0 Å². The summed E-state index contributed by atoms with van der Waals surface area (Å²) in [5.74, 6) is -1.88. The van der Waals surface area contributed by atoms with Crippen LogP contribution < -0.4 is 5.32 Å². The summed E-state index contributed by atoms with van der Waals surface area (Å²) in [7, 11) is 0. The molecular weight excluding hydrogens is 310 g/mol. The number of carboxylic acids is 1. The van der Waals surface area contributed by atoms with E-state index in [0.29, 0.717) is 18.1 Å². The third-order valence-electron chi connectivity index (χ3n) is 3.48. The fraction of sp³-hybridized carbons (Fsp3) is 0.467. The molecule has 0 radical (unpaired) electrons. The lowest BCUT2D eigenvalue weighted by Crippen LogP contribution is -2.52. The summed E-state index contributed by atoms with van der Waals surface area (Å²) in [4.78, 5) is 23.2. The van der Waals surface area contributed by atoms with Gasteiger partial charge in [-0.25, -0.2) is 4.79 Å². The van der Waals surface area contributed by atoms with Crippen LogP contribution in [0.1, 0.15) is 18.4 Å². The van der Waals surface area contributed by atoms with Crippen molar-refractivity contribution >= 4 is 23.5 Å². The third-order valence-corrected chi connectivity index (χ3v) is 3.85. The quantitative estimate of drug-likeness (QED) is 0.587. The van der Waals surface area contributed by atoms with Gasteiger partial charge >= 0.3 is 5.97 Å². The van der Waals surface area contributed by atoms with Crippen LogP contribution in [0.15, 0.2) is 24.3 Å². The summed E-state index contributed by atoms with van der Waals surface area (Å²) in [5, 5.41) is 12.4. The lowest BCUT2D eigenvalue weighted by atomic mass is 9.99. The van der Waals surface area contributed by atoms with Crippen LogP contribution in [0.4, 0.5) is 0 Å². The van der Waals surface area contributed by atoms with E-state index in [0.717, 1.165) is 5.56 Å². The number of hydrogen-bond donors (Lipinski definition) is 2. The molecule has 1 atom stereocenters. The molecule has 0 aromatic heterocycles. The zero-order valence-corrected chi connectivity index (χ0v) is 12.8. The van der Waals surface area contributed by atoms with E-state index in [1.165, 1.54) is 0 Å². The van der Waals surface area contributed by atoms with Crippen molar-refractivity contribution in [1.29, 1.82) is 0 Å².